The molecule has 0 spiro atoms. The third kappa shape index (κ3) is 4.55. The SMILES string of the molecule is Cc1cc(C)c(NC(=S)NN=Cc2cccc(Cl)c2)c(C)c1. The molecule has 0 atom stereocenters. The molecule has 0 radical (unpaired) electrons. The van der Waals surface area contributed by atoms with Crippen LogP contribution in [0.4, 0.5) is 5.69 Å². The number of benzene rings is 2. The Balaban J connectivity index is 1.99. The van der Waals surface area contributed by atoms with Crippen LogP contribution < -0.4 is 10.7 Å². The minimum absolute atomic E-state index is 0.452. The molecule has 2 aromatic carbocycles. The average molecular weight is 332 g/mol. The molecule has 0 fully saturated rings. The summed E-state index contributed by atoms with van der Waals surface area (Å²) in [5.74, 6) is 0. The van der Waals surface area contributed by atoms with Gasteiger partial charge in [-0.05, 0) is 61.8 Å². The summed E-state index contributed by atoms with van der Waals surface area (Å²) in [6.45, 7) is 6.19. The zero-order valence-corrected chi connectivity index (χ0v) is 14.3. The first-order chi connectivity index (χ1) is 10.5. The molecular formula is C17H18ClN3S. The minimum atomic E-state index is 0.452. The Morgan fingerprint density at radius 1 is 1.14 bits per heavy atom. The lowest BCUT2D eigenvalue weighted by molar-refractivity contribution is 1.05. The maximum Gasteiger partial charge on any atom is 0.191 e. The van der Waals surface area contributed by atoms with Crippen molar-refractivity contribution in [1.29, 1.82) is 0 Å². The third-order valence-corrected chi connectivity index (χ3v) is 3.57. The summed E-state index contributed by atoms with van der Waals surface area (Å²) in [6, 6.07) is 11.7. The van der Waals surface area contributed by atoms with Crippen LogP contribution in [0.25, 0.3) is 0 Å². The maximum absolute atomic E-state index is 5.92. The van der Waals surface area contributed by atoms with Gasteiger partial charge in [-0.25, -0.2) is 0 Å². The van der Waals surface area contributed by atoms with Crippen molar-refractivity contribution >= 4 is 40.8 Å². The van der Waals surface area contributed by atoms with Crippen LogP contribution in [0.1, 0.15) is 22.3 Å². The number of hydrogen-bond donors (Lipinski definition) is 2. The summed E-state index contributed by atoms with van der Waals surface area (Å²) in [6.07, 6.45) is 1.68. The number of rotatable bonds is 3. The van der Waals surface area contributed by atoms with Gasteiger partial charge >= 0.3 is 0 Å². The van der Waals surface area contributed by atoms with Crippen molar-refractivity contribution in [3.8, 4) is 0 Å². The molecule has 2 rings (SSSR count). The average Bonchev–Trinajstić information content (AvgIpc) is 2.43. The number of hydrazone groups is 1. The van der Waals surface area contributed by atoms with Crippen LogP contribution in [0, 0.1) is 20.8 Å². The first kappa shape index (κ1) is 16.5. The van der Waals surface area contributed by atoms with Crippen molar-refractivity contribution in [1.82, 2.24) is 5.43 Å². The zero-order valence-electron chi connectivity index (χ0n) is 12.8. The fourth-order valence-corrected chi connectivity index (χ4v) is 2.62. The van der Waals surface area contributed by atoms with Gasteiger partial charge in [0.15, 0.2) is 5.11 Å². The number of hydrogen-bond acceptors (Lipinski definition) is 2. The number of anilines is 1. The maximum atomic E-state index is 5.92. The zero-order chi connectivity index (χ0) is 16.1. The normalized spacial score (nSPS) is 10.7. The first-order valence-electron chi connectivity index (χ1n) is 6.89. The van der Waals surface area contributed by atoms with E-state index in [0.717, 1.165) is 22.4 Å². The van der Waals surface area contributed by atoms with E-state index in [-0.39, 0.29) is 0 Å². The molecule has 0 saturated carbocycles. The Bertz CT molecular complexity index is 703. The molecule has 0 unspecified atom stereocenters. The van der Waals surface area contributed by atoms with Crippen LogP contribution in [-0.4, -0.2) is 11.3 Å². The Kier molecular flexibility index (Phi) is 5.52. The van der Waals surface area contributed by atoms with Gasteiger partial charge in [0.2, 0.25) is 0 Å². The Labute approximate surface area is 141 Å². The fourth-order valence-electron chi connectivity index (χ4n) is 2.27. The van der Waals surface area contributed by atoms with Gasteiger partial charge in [0.05, 0.1) is 6.21 Å². The van der Waals surface area contributed by atoms with E-state index in [1.54, 1.807) is 6.21 Å². The van der Waals surface area contributed by atoms with Gasteiger partial charge in [-0.2, -0.15) is 5.10 Å². The molecule has 0 saturated heterocycles. The molecule has 0 aliphatic rings. The summed E-state index contributed by atoms with van der Waals surface area (Å²) in [7, 11) is 0. The molecule has 0 aliphatic heterocycles. The molecule has 0 heterocycles. The molecule has 3 nitrogen and oxygen atoms in total. The van der Waals surface area contributed by atoms with Gasteiger partial charge in [0.1, 0.15) is 0 Å². The Morgan fingerprint density at radius 2 is 1.82 bits per heavy atom. The second-order valence-electron chi connectivity index (χ2n) is 5.15. The molecule has 22 heavy (non-hydrogen) atoms. The number of nitrogens with zero attached hydrogens (tertiary/aromatic N) is 1. The number of nitrogens with one attached hydrogen (secondary N) is 2. The summed E-state index contributed by atoms with van der Waals surface area (Å²) in [5, 5.41) is 8.43. The Morgan fingerprint density at radius 3 is 2.45 bits per heavy atom. The van der Waals surface area contributed by atoms with Crippen LogP contribution in [-0.2, 0) is 0 Å². The van der Waals surface area contributed by atoms with Gasteiger partial charge in [-0.1, -0.05) is 41.4 Å². The van der Waals surface area contributed by atoms with E-state index >= 15 is 0 Å². The van der Waals surface area contributed by atoms with Gasteiger partial charge < -0.3 is 5.32 Å². The molecule has 2 N–H and O–H groups in total. The highest BCUT2D eigenvalue weighted by Gasteiger charge is 2.05. The summed E-state index contributed by atoms with van der Waals surface area (Å²) >= 11 is 11.2. The van der Waals surface area contributed by atoms with Crippen LogP contribution in [0.5, 0.6) is 0 Å². The summed E-state index contributed by atoms with van der Waals surface area (Å²) < 4.78 is 0. The molecule has 0 amide bonds. The predicted octanol–water partition coefficient (Wildman–Crippen LogP) is 4.59. The van der Waals surface area contributed by atoms with Crippen LogP contribution >= 0.6 is 23.8 Å². The minimum Gasteiger partial charge on any atom is -0.331 e. The van der Waals surface area contributed by atoms with Crippen molar-refractivity contribution in [3.05, 3.63) is 63.7 Å². The van der Waals surface area contributed by atoms with E-state index in [0.29, 0.717) is 10.1 Å². The topological polar surface area (TPSA) is 36.4 Å². The standard InChI is InChI=1S/C17H18ClN3S/c1-11-7-12(2)16(13(3)8-11)20-17(22)21-19-10-14-5-4-6-15(18)9-14/h4-10H,1-3H3,(H2,20,21,22). The van der Waals surface area contributed by atoms with E-state index in [1.165, 1.54) is 5.56 Å². The van der Waals surface area contributed by atoms with Gasteiger partial charge in [0.25, 0.3) is 0 Å². The third-order valence-electron chi connectivity index (χ3n) is 3.14. The van der Waals surface area contributed by atoms with E-state index in [2.05, 4.69) is 48.7 Å². The van der Waals surface area contributed by atoms with Crippen molar-refractivity contribution < 1.29 is 0 Å². The molecular weight excluding hydrogens is 314 g/mol. The molecule has 114 valence electrons. The Hall–Kier alpha value is -1.91. The smallest absolute Gasteiger partial charge is 0.191 e. The van der Waals surface area contributed by atoms with E-state index in [4.69, 9.17) is 23.8 Å². The van der Waals surface area contributed by atoms with Gasteiger partial charge in [0, 0.05) is 10.7 Å². The van der Waals surface area contributed by atoms with E-state index < -0.39 is 0 Å². The molecule has 0 aromatic heterocycles. The quantitative estimate of drug-likeness (QED) is 0.491. The molecule has 0 aliphatic carbocycles. The lowest BCUT2D eigenvalue weighted by Gasteiger charge is -2.13. The van der Waals surface area contributed by atoms with Gasteiger partial charge in [-0.3, -0.25) is 5.43 Å². The highest BCUT2D eigenvalue weighted by Crippen LogP contribution is 2.21. The lowest BCUT2D eigenvalue weighted by atomic mass is 10.1. The van der Waals surface area contributed by atoms with Crippen molar-refractivity contribution in [2.75, 3.05) is 5.32 Å². The predicted molar refractivity (Wildman–Crippen MR) is 99.1 cm³/mol. The second-order valence-corrected chi connectivity index (χ2v) is 6.00. The van der Waals surface area contributed by atoms with E-state index in [1.807, 2.05) is 24.3 Å². The first-order valence-corrected chi connectivity index (χ1v) is 7.68. The highest BCUT2D eigenvalue weighted by molar-refractivity contribution is 7.80. The van der Waals surface area contributed by atoms with Gasteiger partial charge in [-0.15, -0.1) is 0 Å². The number of aryl methyl sites for hydroxylation is 3. The lowest BCUT2D eigenvalue weighted by Crippen LogP contribution is -2.24. The van der Waals surface area contributed by atoms with E-state index in [9.17, 15) is 0 Å². The molecule has 0 bridgehead atoms. The summed E-state index contributed by atoms with van der Waals surface area (Å²) in [5.41, 5.74) is 8.28. The largest absolute Gasteiger partial charge is 0.331 e. The second kappa shape index (κ2) is 7.38. The molecule has 2 aromatic rings. The van der Waals surface area contributed by atoms with Crippen molar-refractivity contribution in [2.24, 2.45) is 5.10 Å². The van der Waals surface area contributed by atoms with Crippen LogP contribution in [0.15, 0.2) is 41.5 Å². The monoisotopic (exact) mass is 331 g/mol. The van der Waals surface area contributed by atoms with Crippen molar-refractivity contribution in [3.63, 3.8) is 0 Å². The molecule has 5 heteroatoms. The fraction of sp³-hybridized carbons (Fsp3) is 0.176. The van der Waals surface area contributed by atoms with Crippen LogP contribution in [0.3, 0.4) is 0 Å². The number of halogens is 1. The van der Waals surface area contributed by atoms with Crippen LogP contribution in [0.2, 0.25) is 5.02 Å². The highest BCUT2D eigenvalue weighted by atomic mass is 35.5. The summed E-state index contributed by atoms with van der Waals surface area (Å²) in [4.78, 5) is 0. The number of thiocarbonyl (C=S) groups is 1. The van der Waals surface area contributed by atoms with Crippen molar-refractivity contribution in [2.45, 2.75) is 20.8 Å².